The molecule has 1 saturated carbocycles. The monoisotopic (exact) mass is 222 g/mol. The molecule has 0 bridgehead atoms. The van der Waals surface area contributed by atoms with Crippen LogP contribution in [0.25, 0.3) is 0 Å². The van der Waals surface area contributed by atoms with Gasteiger partial charge in [-0.25, -0.2) is 0 Å². The minimum absolute atomic E-state index is 0.207. The molecule has 1 aliphatic carbocycles. The van der Waals surface area contributed by atoms with Crippen molar-refractivity contribution in [3.8, 4) is 6.07 Å². The van der Waals surface area contributed by atoms with Gasteiger partial charge in [-0.1, -0.05) is 32.1 Å². The first-order chi connectivity index (χ1) is 7.53. The lowest BCUT2D eigenvalue weighted by Crippen LogP contribution is -2.32. The Balaban J connectivity index is 2.19. The van der Waals surface area contributed by atoms with E-state index in [4.69, 9.17) is 5.26 Å². The van der Waals surface area contributed by atoms with Gasteiger partial charge in [0, 0.05) is 6.54 Å². The highest BCUT2D eigenvalue weighted by Gasteiger charge is 2.20. The quantitative estimate of drug-likeness (QED) is 0.712. The Labute approximate surface area is 101 Å². The van der Waals surface area contributed by atoms with E-state index >= 15 is 0 Å². The minimum Gasteiger partial charge on any atom is -0.305 e. The van der Waals surface area contributed by atoms with Gasteiger partial charge in [-0.2, -0.15) is 5.26 Å². The van der Waals surface area contributed by atoms with Crippen molar-refractivity contribution in [3.05, 3.63) is 0 Å². The molecule has 0 atom stereocenters. The van der Waals surface area contributed by atoms with E-state index in [0.29, 0.717) is 0 Å². The van der Waals surface area contributed by atoms with Crippen LogP contribution in [0.5, 0.6) is 0 Å². The zero-order valence-corrected chi connectivity index (χ0v) is 11.1. The Morgan fingerprint density at radius 2 is 1.88 bits per heavy atom. The number of rotatable bonds is 5. The summed E-state index contributed by atoms with van der Waals surface area (Å²) in [6.07, 6.45) is 8.47. The van der Waals surface area contributed by atoms with Crippen molar-refractivity contribution < 1.29 is 0 Å². The van der Waals surface area contributed by atoms with Crippen molar-refractivity contribution in [1.29, 1.82) is 5.26 Å². The molecule has 0 unspecified atom stereocenters. The van der Waals surface area contributed by atoms with Gasteiger partial charge in [0.15, 0.2) is 0 Å². The van der Waals surface area contributed by atoms with E-state index in [1.807, 2.05) is 13.8 Å². The lowest BCUT2D eigenvalue weighted by Gasteiger charge is -2.27. The summed E-state index contributed by atoms with van der Waals surface area (Å²) in [4.78, 5) is 2.32. The maximum absolute atomic E-state index is 8.98. The third kappa shape index (κ3) is 4.99. The van der Waals surface area contributed by atoms with Gasteiger partial charge in [0.25, 0.3) is 0 Å². The highest BCUT2D eigenvalue weighted by molar-refractivity contribution is 4.93. The van der Waals surface area contributed by atoms with E-state index in [1.54, 1.807) is 0 Å². The van der Waals surface area contributed by atoms with Crippen molar-refractivity contribution in [3.63, 3.8) is 0 Å². The molecule has 0 aromatic carbocycles. The van der Waals surface area contributed by atoms with E-state index in [-0.39, 0.29) is 5.41 Å². The molecule has 0 aliphatic heterocycles. The summed E-state index contributed by atoms with van der Waals surface area (Å²) >= 11 is 0. The average molecular weight is 222 g/mol. The second kappa shape index (κ2) is 6.25. The number of hydrogen-bond donors (Lipinski definition) is 0. The molecule has 2 heteroatoms. The Bertz CT molecular complexity index is 234. The lowest BCUT2D eigenvalue weighted by atomic mass is 9.86. The van der Waals surface area contributed by atoms with E-state index < -0.39 is 0 Å². The van der Waals surface area contributed by atoms with Gasteiger partial charge in [-0.05, 0) is 39.8 Å². The Morgan fingerprint density at radius 1 is 1.25 bits per heavy atom. The lowest BCUT2D eigenvalue weighted by molar-refractivity contribution is 0.223. The molecule has 0 N–H and O–H groups in total. The van der Waals surface area contributed by atoms with E-state index in [1.165, 1.54) is 38.5 Å². The minimum atomic E-state index is -0.207. The Kier molecular flexibility index (Phi) is 5.28. The van der Waals surface area contributed by atoms with Gasteiger partial charge >= 0.3 is 0 Å². The van der Waals surface area contributed by atoms with Crippen LogP contribution in [0.1, 0.15) is 52.4 Å². The van der Waals surface area contributed by atoms with Crippen molar-refractivity contribution in [2.45, 2.75) is 52.4 Å². The maximum atomic E-state index is 8.98. The molecule has 0 spiro atoms. The molecule has 0 aromatic rings. The Morgan fingerprint density at radius 3 is 2.44 bits per heavy atom. The normalized spacial score (nSPS) is 18.7. The summed E-state index contributed by atoms with van der Waals surface area (Å²) in [5.41, 5.74) is -0.207. The zero-order chi connectivity index (χ0) is 12.0. The van der Waals surface area contributed by atoms with E-state index in [0.717, 1.165) is 19.0 Å². The number of nitrogens with zero attached hydrogens (tertiary/aromatic N) is 2. The van der Waals surface area contributed by atoms with Gasteiger partial charge in [0.05, 0.1) is 11.5 Å². The molecule has 0 amide bonds. The predicted octanol–water partition coefficient (Wildman–Crippen LogP) is 3.44. The standard InChI is InChI=1S/C14H26N2/c1-14(2,11-15)12-16(3)10-9-13-7-5-4-6-8-13/h13H,4-10,12H2,1-3H3. The first kappa shape index (κ1) is 13.5. The van der Waals surface area contributed by atoms with Crippen LogP contribution >= 0.6 is 0 Å². The molecule has 16 heavy (non-hydrogen) atoms. The molecule has 0 heterocycles. The van der Waals surface area contributed by atoms with Crippen LogP contribution in [-0.4, -0.2) is 25.0 Å². The van der Waals surface area contributed by atoms with Crippen LogP contribution in [-0.2, 0) is 0 Å². The molecule has 0 aromatic heterocycles. The highest BCUT2D eigenvalue weighted by Crippen LogP contribution is 2.26. The van der Waals surface area contributed by atoms with Crippen molar-refractivity contribution in [1.82, 2.24) is 4.90 Å². The third-order valence-corrected chi connectivity index (χ3v) is 3.61. The molecule has 1 fully saturated rings. The van der Waals surface area contributed by atoms with Crippen LogP contribution in [0.15, 0.2) is 0 Å². The van der Waals surface area contributed by atoms with Crippen molar-refractivity contribution >= 4 is 0 Å². The van der Waals surface area contributed by atoms with E-state index in [2.05, 4.69) is 18.0 Å². The van der Waals surface area contributed by atoms with Gasteiger partial charge < -0.3 is 4.90 Å². The van der Waals surface area contributed by atoms with Crippen LogP contribution in [0.3, 0.4) is 0 Å². The largest absolute Gasteiger partial charge is 0.305 e. The number of nitriles is 1. The number of hydrogen-bond acceptors (Lipinski definition) is 2. The summed E-state index contributed by atoms with van der Waals surface area (Å²) < 4.78 is 0. The first-order valence-corrected chi connectivity index (χ1v) is 6.63. The molecule has 0 saturated heterocycles. The van der Waals surface area contributed by atoms with Crippen LogP contribution in [0.4, 0.5) is 0 Å². The first-order valence-electron chi connectivity index (χ1n) is 6.63. The van der Waals surface area contributed by atoms with Crippen LogP contribution < -0.4 is 0 Å². The summed E-state index contributed by atoms with van der Waals surface area (Å²) in [5.74, 6) is 0.946. The third-order valence-electron chi connectivity index (χ3n) is 3.61. The fraction of sp³-hybridized carbons (Fsp3) is 0.929. The Hall–Kier alpha value is -0.550. The molecular weight excluding hydrogens is 196 g/mol. The second-order valence-corrected chi connectivity index (χ2v) is 6.03. The van der Waals surface area contributed by atoms with Gasteiger partial charge in [-0.15, -0.1) is 0 Å². The molecule has 1 aliphatic rings. The zero-order valence-electron chi connectivity index (χ0n) is 11.1. The summed E-state index contributed by atoms with van der Waals surface area (Å²) in [6.45, 7) is 6.07. The topological polar surface area (TPSA) is 27.0 Å². The van der Waals surface area contributed by atoms with E-state index in [9.17, 15) is 0 Å². The predicted molar refractivity (Wildman–Crippen MR) is 68.1 cm³/mol. The van der Waals surface area contributed by atoms with Crippen LogP contribution in [0.2, 0.25) is 0 Å². The van der Waals surface area contributed by atoms with Crippen LogP contribution in [0, 0.1) is 22.7 Å². The fourth-order valence-electron chi connectivity index (χ4n) is 2.67. The average Bonchev–Trinajstić information content (AvgIpc) is 2.27. The molecule has 0 radical (unpaired) electrons. The SMILES string of the molecule is CN(CCC1CCCCC1)CC(C)(C)C#N. The van der Waals surface area contributed by atoms with Gasteiger partial charge in [0.1, 0.15) is 0 Å². The smallest absolute Gasteiger partial charge is 0.0697 e. The van der Waals surface area contributed by atoms with Gasteiger partial charge in [-0.3, -0.25) is 0 Å². The summed E-state index contributed by atoms with van der Waals surface area (Å²) in [6, 6.07) is 2.37. The molecule has 2 nitrogen and oxygen atoms in total. The maximum Gasteiger partial charge on any atom is 0.0697 e. The van der Waals surface area contributed by atoms with Gasteiger partial charge in [0.2, 0.25) is 0 Å². The fourth-order valence-corrected chi connectivity index (χ4v) is 2.67. The molecule has 92 valence electrons. The summed E-state index contributed by atoms with van der Waals surface area (Å²) in [7, 11) is 2.14. The van der Waals surface area contributed by atoms with Crippen molar-refractivity contribution in [2.75, 3.05) is 20.1 Å². The highest BCUT2D eigenvalue weighted by atomic mass is 15.1. The van der Waals surface area contributed by atoms with Crippen molar-refractivity contribution in [2.24, 2.45) is 11.3 Å². The molecular formula is C14H26N2. The summed E-state index contributed by atoms with van der Waals surface area (Å²) in [5, 5.41) is 8.98. The molecule has 1 rings (SSSR count). The second-order valence-electron chi connectivity index (χ2n) is 6.03.